The highest BCUT2D eigenvalue weighted by molar-refractivity contribution is 6.14. The van der Waals surface area contributed by atoms with Crippen molar-refractivity contribution in [2.45, 2.75) is 25.3 Å². The SMILES string of the molecule is CNC(=O)[C@@](C)(C(=O)CO)N(C)C(=O)c1ccc(-c2ccc(CCCO)cc2)cc1. The first-order valence-electron chi connectivity index (χ1n) is 9.74. The summed E-state index contributed by atoms with van der Waals surface area (Å²) in [6.45, 7) is 0.623. The zero-order chi connectivity index (χ0) is 22.3. The van der Waals surface area contributed by atoms with Crippen molar-refractivity contribution in [3.05, 3.63) is 59.7 Å². The minimum absolute atomic E-state index is 0.161. The fraction of sp³-hybridized carbons (Fsp3) is 0.348. The van der Waals surface area contributed by atoms with Crippen LogP contribution in [-0.2, 0) is 16.0 Å². The summed E-state index contributed by atoms with van der Waals surface area (Å²) in [5.74, 6) is -1.94. The summed E-state index contributed by atoms with van der Waals surface area (Å²) in [4.78, 5) is 38.5. The number of benzene rings is 2. The molecule has 0 aromatic heterocycles. The Hall–Kier alpha value is -3.03. The van der Waals surface area contributed by atoms with Crippen LogP contribution in [0.15, 0.2) is 48.5 Å². The van der Waals surface area contributed by atoms with Crippen LogP contribution < -0.4 is 5.32 Å². The first-order valence-corrected chi connectivity index (χ1v) is 9.74. The van der Waals surface area contributed by atoms with E-state index in [9.17, 15) is 19.5 Å². The van der Waals surface area contributed by atoms with Crippen molar-refractivity contribution in [2.24, 2.45) is 0 Å². The maximum absolute atomic E-state index is 12.9. The molecule has 0 radical (unpaired) electrons. The van der Waals surface area contributed by atoms with Crippen LogP contribution in [0.4, 0.5) is 0 Å². The normalized spacial score (nSPS) is 12.7. The number of amides is 2. The maximum Gasteiger partial charge on any atom is 0.254 e. The van der Waals surface area contributed by atoms with Crippen LogP contribution in [0.2, 0.25) is 0 Å². The lowest BCUT2D eigenvalue weighted by Crippen LogP contribution is -2.62. The van der Waals surface area contributed by atoms with Crippen molar-refractivity contribution in [2.75, 3.05) is 27.3 Å². The van der Waals surface area contributed by atoms with E-state index < -0.39 is 29.7 Å². The van der Waals surface area contributed by atoms with E-state index >= 15 is 0 Å². The van der Waals surface area contributed by atoms with Gasteiger partial charge >= 0.3 is 0 Å². The lowest BCUT2D eigenvalue weighted by atomic mass is 9.92. The molecular formula is C23H28N2O5. The summed E-state index contributed by atoms with van der Waals surface area (Å²) in [6, 6.07) is 14.9. The minimum atomic E-state index is -1.82. The molecule has 0 spiro atoms. The first-order chi connectivity index (χ1) is 14.3. The molecule has 0 unspecified atom stereocenters. The van der Waals surface area contributed by atoms with Gasteiger partial charge in [0.2, 0.25) is 0 Å². The molecule has 0 aliphatic heterocycles. The molecule has 30 heavy (non-hydrogen) atoms. The van der Waals surface area contributed by atoms with E-state index in [1.54, 1.807) is 24.3 Å². The van der Waals surface area contributed by atoms with Gasteiger partial charge in [0, 0.05) is 26.3 Å². The van der Waals surface area contributed by atoms with Crippen LogP contribution in [0.3, 0.4) is 0 Å². The number of aliphatic hydroxyl groups is 2. The largest absolute Gasteiger partial charge is 0.396 e. The number of carbonyl (C=O) groups is 3. The van der Waals surface area contributed by atoms with E-state index in [-0.39, 0.29) is 6.61 Å². The molecule has 0 fully saturated rings. The fourth-order valence-electron chi connectivity index (χ4n) is 3.21. The Morgan fingerprint density at radius 3 is 1.97 bits per heavy atom. The number of nitrogens with one attached hydrogen (secondary N) is 1. The predicted molar refractivity (Wildman–Crippen MR) is 114 cm³/mol. The average Bonchev–Trinajstić information content (AvgIpc) is 2.80. The number of likely N-dealkylation sites (N-methyl/N-ethyl adjacent to an activating group) is 2. The molecular weight excluding hydrogens is 384 g/mol. The molecule has 2 rings (SSSR count). The van der Waals surface area contributed by atoms with Crippen molar-refractivity contribution in [3.63, 3.8) is 0 Å². The summed E-state index contributed by atoms with van der Waals surface area (Å²) < 4.78 is 0. The molecule has 0 bridgehead atoms. The Morgan fingerprint density at radius 1 is 0.967 bits per heavy atom. The highest BCUT2D eigenvalue weighted by atomic mass is 16.3. The Labute approximate surface area is 176 Å². The molecule has 1 atom stereocenters. The molecule has 7 heteroatoms. The van der Waals surface area contributed by atoms with E-state index in [4.69, 9.17) is 5.11 Å². The van der Waals surface area contributed by atoms with Gasteiger partial charge in [0.15, 0.2) is 11.3 Å². The Kier molecular flexibility index (Phi) is 7.86. The van der Waals surface area contributed by atoms with Gasteiger partial charge in [-0.25, -0.2) is 0 Å². The van der Waals surface area contributed by atoms with Crippen LogP contribution in [0, 0.1) is 0 Å². The van der Waals surface area contributed by atoms with Crippen molar-refractivity contribution in [1.29, 1.82) is 0 Å². The summed E-state index contributed by atoms with van der Waals surface area (Å²) in [7, 11) is 2.73. The van der Waals surface area contributed by atoms with Gasteiger partial charge in [0.1, 0.15) is 6.61 Å². The molecule has 0 aliphatic carbocycles. The summed E-state index contributed by atoms with van der Waals surface area (Å²) in [6.07, 6.45) is 1.53. The third-order valence-electron chi connectivity index (χ3n) is 5.37. The lowest BCUT2D eigenvalue weighted by Gasteiger charge is -2.35. The number of nitrogens with zero attached hydrogens (tertiary/aromatic N) is 1. The van der Waals surface area contributed by atoms with E-state index in [2.05, 4.69) is 5.32 Å². The summed E-state index contributed by atoms with van der Waals surface area (Å²) in [5.41, 5.74) is 1.55. The number of hydrogen-bond acceptors (Lipinski definition) is 5. The van der Waals surface area contributed by atoms with Crippen molar-refractivity contribution >= 4 is 17.6 Å². The molecule has 0 saturated carbocycles. The molecule has 7 nitrogen and oxygen atoms in total. The molecule has 0 saturated heterocycles. The number of rotatable bonds is 9. The fourth-order valence-corrected chi connectivity index (χ4v) is 3.21. The Balaban J connectivity index is 2.23. The van der Waals surface area contributed by atoms with Gasteiger partial charge in [-0.05, 0) is 48.6 Å². The van der Waals surface area contributed by atoms with Gasteiger partial charge in [-0.3, -0.25) is 14.4 Å². The highest BCUT2D eigenvalue weighted by Gasteiger charge is 2.46. The molecule has 160 valence electrons. The van der Waals surface area contributed by atoms with Crippen LogP contribution >= 0.6 is 0 Å². The number of carbonyl (C=O) groups excluding carboxylic acids is 3. The molecule has 2 aromatic carbocycles. The van der Waals surface area contributed by atoms with E-state index in [1.165, 1.54) is 21.0 Å². The number of hydrogen-bond donors (Lipinski definition) is 3. The standard InChI is InChI=1S/C23H28N2O5/c1-23(20(28)15-27,22(30)24-2)25(3)21(29)19-12-10-18(11-13-19)17-8-6-16(7-9-17)5-4-14-26/h6-13,26-27H,4-5,14-15H2,1-3H3,(H,24,30)/t23-/m1/s1. The third kappa shape index (κ3) is 4.75. The van der Waals surface area contributed by atoms with Crippen LogP contribution in [0.1, 0.15) is 29.3 Å². The van der Waals surface area contributed by atoms with Crippen molar-refractivity contribution in [1.82, 2.24) is 10.2 Å². The Morgan fingerprint density at radius 2 is 1.50 bits per heavy atom. The second-order valence-corrected chi connectivity index (χ2v) is 7.20. The Bertz CT molecular complexity index is 875. The van der Waals surface area contributed by atoms with Crippen LogP contribution in [0.25, 0.3) is 11.1 Å². The highest BCUT2D eigenvalue weighted by Crippen LogP contribution is 2.23. The minimum Gasteiger partial charge on any atom is -0.396 e. The van der Waals surface area contributed by atoms with Gasteiger partial charge in [0.05, 0.1) is 0 Å². The molecule has 2 amide bonds. The predicted octanol–water partition coefficient (Wildman–Crippen LogP) is 1.42. The number of aryl methyl sites for hydroxylation is 1. The van der Waals surface area contributed by atoms with E-state index in [0.717, 1.165) is 34.4 Å². The van der Waals surface area contributed by atoms with Gasteiger partial charge < -0.3 is 20.4 Å². The number of aliphatic hydroxyl groups excluding tert-OH is 2. The van der Waals surface area contributed by atoms with Crippen molar-refractivity contribution in [3.8, 4) is 11.1 Å². The smallest absolute Gasteiger partial charge is 0.254 e. The second-order valence-electron chi connectivity index (χ2n) is 7.20. The zero-order valence-corrected chi connectivity index (χ0v) is 17.5. The lowest BCUT2D eigenvalue weighted by molar-refractivity contribution is -0.143. The van der Waals surface area contributed by atoms with E-state index in [0.29, 0.717) is 5.56 Å². The summed E-state index contributed by atoms with van der Waals surface area (Å²) >= 11 is 0. The van der Waals surface area contributed by atoms with Crippen molar-refractivity contribution < 1.29 is 24.6 Å². The molecule has 0 heterocycles. The molecule has 3 N–H and O–H groups in total. The molecule has 2 aromatic rings. The molecule has 0 aliphatic rings. The van der Waals surface area contributed by atoms with Gasteiger partial charge in [0.25, 0.3) is 11.8 Å². The number of Topliss-reactive ketones (excluding diaryl/α,β-unsaturated/α-hetero) is 1. The summed E-state index contributed by atoms with van der Waals surface area (Å²) in [5, 5.41) is 20.6. The number of ketones is 1. The van der Waals surface area contributed by atoms with Gasteiger partial charge in [-0.2, -0.15) is 0 Å². The maximum atomic E-state index is 12.9. The first kappa shape index (κ1) is 23.3. The van der Waals surface area contributed by atoms with Crippen LogP contribution in [0.5, 0.6) is 0 Å². The second kappa shape index (κ2) is 10.1. The van der Waals surface area contributed by atoms with Crippen LogP contribution in [-0.4, -0.2) is 65.6 Å². The zero-order valence-electron chi connectivity index (χ0n) is 17.5. The topological polar surface area (TPSA) is 107 Å². The quantitative estimate of drug-likeness (QED) is 0.540. The van der Waals surface area contributed by atoms with E-state index in [1.807, 2.05) is 24.3 Å². The van der Waals surface area contributed by atoms with Gasteiger partial charge in [-0.1, -0.05) is 36.4 Å². The third-order valence-corrected chi connectivity index (χ3v) is 5.37. The average molecular weight is 412 g/mol. The van der Waals surface area contributed by atoms with Gasteiger partial charge in [-0.15, -0.1) is 0 Å². The monoisotopic (exact) mass is 412 g/mol.